The molecule has 0 bridgehead atoms. The van der Waals surface area contributed by atoms with Crippen LogP contribution in [0.2, 0.25) is 0 Å². The molecule has 1 unspecified atom stereocenters. The zero-order chi connectivity index (χ0) is 15.8. The first kappa shape index (κ1) is 16.7. The van der Waals surface area contributed by atoms with Crippen molar-refractivity contribution in [1.82, 2.24) is 19.5 Å². The van der Waals surface area contributed by atoms with Crippen LogP contribution in [0.5, 0.6) is 0 Å². The van der Waals surface area contributed by atoms with Gasteiger partial charge in [-0.05, 0) is 12.8 Å². The lowest BCUT2D eigenvalue weighted by Gasteiger charge is -2.18. The molecule has 2 heterocycles. The molecule has 0 aliphatic carbocycles. The van der Waals surface area contributed by atoms with Crippen molar-refractivity contribution in [2.24, 2.45) is 0 Å². The topological polar surface area (TPSA) is 75.9 Å². The van der Waals surface area contributed by atoms with Crippen molar-refractivity contribution in [3.05, 3.63) is 12.7 Å². The van der Waals surface area contributed by atoms with Gasteiger partial charge in [-0.2, -0.15) is 0 Å². The minimum Gasteiger partial charge on any atom is -0.396 e. The number of nitrogens with one attached hydrogen (secondary N) is 1. The Balaban J connectivity index is 2.11. The third-order valence-electron chi connectivity index (χ3n) is 4.09. The van der Waals surface area contributed by atoms with Gasteiger partial charge in [0.05, 0.1) is 6.33 Å². The summed E-state index contributed by atoms with van der Waals surface area (Å²) in [6.07, 6.45) is 11.4. The fourth-order valence-corrected chi connectivity index (χ4v) is 2.86. The number of aliphatic hydroxyl groups excluding tert-OH is 1. The lowest BCUT2D eigenvalue weighted by molar-refractivity contribution is 0.251. The standard InChI is InChI=1S/C16H27N5O/c1-3-4-5-6-7-8-13(9-10-22)21-12-20-14-15(17-2)18-11-19-16(14)21/h11-13,22H,3-10H2,1-2H3,(H,17,18,19). The Bertz CT molecular complexity index is 569. The third-order valence-corrected chi connectivity index (χ3v) is 4.09. The summed E-state index contributed by atoms with van der Waals surface area (Å²) in [5.41, 5.74) is 1.63. The molecule has 2 rings (SSSR count). The fraction of sp³-hybridized carbons (Fsp3) is 0.688. The van der Waals surface area contributed by atoms with Crippen molar-refractivity contribution < 1.29 is 5.11 Å². The minimum absolute atomic E-state index is 0.184. The van der Waals surface area contributed by atoms with Crippen LogP contribution in [0.15, 0.2) is 12.7 Å². The maximum atomic E-state index is 9.37. The number of hydrogen-bond donors (Lipinski definition) is 2. The van der Waals surface area contributed by atoms with Crippen molar-refractivity contribution >= 4 is 17.0 Å². The summed E-state index contributed by atoms with van der Waals surface area (Å²) in [6.45, 7) is 2.41. The Morgan fingerprint density at radius 1 is 1.14 bits per heavy atom. The molecule has 0 fully saturated rings. The molecule has 0 saturated carbocycles. The van der Waals surface area contributed by atoms with Gasteiger partial charge in [0.2, 0.25) is 0 Å². The van der Waals surface area contributed by atoms with Crippen LogP contribution in [0, 0.1) is 0 Å². The summed E-state index contributed by atoms with van der Waals surface area (Å²) in [4.78, 5) is 13.0. The highest BCUT2D eigenvalue weighted by Gasteiger charge is 2.16. The van der Waals surface area contributed by atoms with E-state index in [0.717, 1.165) is 29.8 Å². The van der Waals surface area contributed by atoms with Crippen molar-refractivity contribution in [3.8, 4) is 0 Å². The average molecular weight is 305 g/mol. The van der Waals surface area contributed by atoms with Crippen LogP contribution in [-0.2, 0) is 0 Å². The van der Waals surface area contributed by atoms with Gasteiger partial charge in [-0.3, -0.25) is 0 Å². The molecule has 1 atom stereocenters. The van der Waals surface area contributed by atoms with Gasteiger partial charge >= 0.3 is 0 Å². The van der Waals surface area contributed by atoms with Gasteiger partial charge in [0.15, 0.2) is 11.5 Å². The van der Waals surface area contributed by atoms with E-state index in [-0.39, 0.29) is 12.6 Å². The molecule has 2 aromatic rings. The van der Waals surface area contributed by atoms with Gasteiger partial charge in [-0.15, -0.1) is 0 Å². The van der Waals surface area contributed by atoms with Gasteiger partial charge in [0.25, 0.3) is 0 Å². The molecule has 2 aromatic heterocycles. The highest BCUT2D eigenvalue weighted by atomic mass is 16.3. The monoisotopic (exact) mass is 305 g/mol. The lowest BCUT2D eigenvalue weighted by atomic mass is 10.0. The number of anilines is 1. The highest BCUT2D eigenvalue weighted by molar-refractivity contribution is 5.82. The predicted octanol–water partition coefficient (Wildman–Crippen LogP) is 3.15. The number of nitrogens with zero attached hydrogens (tertiary/aromatic N) is 4. The van der Waals surface area contributed by atoms with E-state index in [4.69, 9.17) is 0 Å². The Morgan fingerprint density at radius 2 is 1.95 bits per heavy atom. The molecule has 122 valence electrons. The van der Waals surface area contributed by atoms with Gasteiger partial charge < -0.3 is 15.0 Å². The van der Waals surface area contributed by atoms with Gasteiger partial charge in [0, 0.05) is 19.7 Å². The van der Waals surface area contributed by atoms with Crippen LogP contribution in [0.4, 0.5) is 5.82 Å². The van der Waals surface area contributed by atoms with Crippen LogP contribution in [0.25, 0.3) is 11.2 Å². The van der Waals surface area contributed by atoms with E-state index >= 15 is 0 Å². The molecule has 0 saturated heterocycles. The third kappa shape index (κ3) is 3.94. The molecule has 6 heteroatoms. The SMILES string of the molecule is CCCCCCCC(CCO)n1cnc2c(NC)ncnc21. The number of aliphatic hydroxyl groups is 1. The fourth-order valence-electron chi connectivity index (χ4n) is 2.86. The molecule has 0 aliphatic heterocycles. The molecule has 22 heavy (non-hydrogen) atoms. The van der Waals surface area contributed by atoms with Crippen molar-refractivity contribution in [2.45, 2.75) is 57.9 Å². The molecule has 0 amide bonds. The van der Waals surface area contributed by atoms with Crippen molar-refractivity contribution in [2.75, 3.05) is 19.0 Å². The zero-order valence-electron chi connectivity index (χ0n) is 13.6. The second-order valence-corrected chi connectivity index (χ2v) is 5.67. The Morgan fingerprint density at radius 3 is 2.68 bits per heavy atom. The number of imidazole rings is 1. The van der Waals surface area contributed by atoms with Crippen LogP contribution >= 0.6 is 0 Å². The quantitative estimate of drug-likeness (QED) is 0.659. The predicted molar refractivity (Wildman–Crippen MR) is 89.0 cm³/mol. The van der Waals surface area contributed by atoms with E-state index < -0.39 is 0 Å². The van der Waals surface area contributed by atoms with Crippen LogP contribution in [-0.4, -0.2) is 38.3 Å². The number of fused-ring (bicyclic) bond motifs is 1. The maximum Gasteiger partial charge on any atom is 0.165 e. The number of hydrogen-bond acceptors (Lipinski definition) is 5. The molecule has 0 aliphatic rings. The van der Waals surface area contributed by atoms with E-state index in [1.807, 2.05) is 13.4 Å². The summed E-state index contributed by atoms with van der Waals surface area (Å²) in [5, 5.41) is 12.4. The molecular weight excluding hydrogens is 278 g/mol. The number of unbranched alkanes of at least 4 members (excludes halogenated alkanes) is 4. The van der Waals surface area contributed by atoms with E-state index in [2.05, 4.69) is 31.8 Å². The zero-order valence-corrected chi connectivity index (χ0v) is 13.6. The van der Waals surface area contributed by atoms with Gasteiger partial charge in [-0.1, -0.05) is 39.0 Å². The summed E-state index contributed by atoms with van der Waals surface area (Å²) in [7, 11) is 1.83. The number of rotatable bonds is 10. The first-order chi connectivity index (χ1) is 10.8. The molecule has 2 N–H and O–H groups in total. The minimum atomic E-state index is 0.184. The molecular formula is C16H27N5O. The van der Waals surface area contributed by atoms with Gasteiger partial charge in [0.1, 0.15) is 11.8 Å². The van der Waals surface area contributed by atoms with Crippen LogP contribution in [0.3, 0.4) is 0 Å². The molecule has 0 aromatic carbocycles. The van der Waals surface area contributed by atoms with Crippen molar-refractivity contribution in [1.29, 1.82) is 0 Å². The van der Waals surface area contributed by atoms with E-state index in [9.17, 15) is 5.11 Å². The van der Waals surface area contributed by atoms with E-state index in [0.29, 0.717) is 0 Å². The Hall–Kier alpha value is -1.69. The highest BCUT2D eigenvalue weighted by Crippen LogP contribution is 2.25. The molecule has 6 nitrogen and oxygen atoms in total. The van der Waals surface area contributed by atoms with Crippen LogP contribution < -0.4 is 5.32 Å². The summed E-state index contributed by atoms with van der Waals surface area (Å²) in [5.74, 6) is 0.745. The Kier molecular flexibility index (Phi) is 6.58. The normalized spacial score (nSPS) is 12.7. The second-order valence-electron chi connectivity index (χ2n) is 5.67. The Labute approximate surface area is 132 Å². The number of aromatic nitrogens is 4. The summed E-state index contributed by atoms with van der Waals surface area (Å²) >= 11 is 0. The molecule has 0 radical (unpaired) electrons. The van der Waals surface area contributed by atoms with Gasteiger partial charge in [-0.25, -0.2) is 15.0 Å². The summed E-state index contributed by atoms with van der Waals surface area (Å²) in [6, 6.07) is 0.247. The van der Waals surface area contributed by atoms with Crippen LogP contribution in [0.1, 0.15) is 57.9 Å². The lowest BCUT2D eigenvalue weighted by Crippen LogP contribution is -2.11. The smallest absolute Gasteiger partial charge is 0.165 e. The summed E-state index contributed by atoms with van der Waals surface area (Å²) < 4.78 is 2.09. The van der Waals surface area contributed by atoms with Crippen molar-refractivity contribution in [3.63, 3.8) is 0 Å². The van der Waals surface area contributed by atoms with E-state index in [1.54, 1.807) is 6.33 Å². The first-order valence-corrected chi connectivity index (χ1v) is 8.28. The molecule has 0 spiro atoms. The average Bonchev–Trinajstić information content (AvgIpc) is 2.97. The largest absolute Gasteiger partial charge is 0.396 e. The van der Waals surface area contributed by atoms with E-state index in [1.165, 1.54) is 32.1 Å². The first-order valence-electron chi connectivity index (χ1n) is 8.28. The maximum absolute atomic E-state index is 9.37. The second kappa shape index (κ2) is 8.68.